The fourth-order valence-corrected chi connectivity index (χ4v) is 3.46. The van der Waals surface area contributed by atoms with Crippen molar-refractivity contribution < 1.29 is 13.2 Å². The third kappa shape index (κ3) is 4.55. The first-order chi connectivity index (χ1) is 12.4. The molecule has 3 aromatic rings. The Morgan fingerprint density at radius 3 is 2.31 bits per heavy atom. The second-order valence-electron chi connectivity index (χ2n) is 5.98. The van der Waals surface area contributed by atoms with E-state index in [1.54, 1.807) is 48.5 Å². The van der Waals surface area contributed by atoms with Crippen molar-refractivity contribution in [2.75, 3.05) is 10.5 Å². The summed E-state index contributed by atoms with van der Waals surface area (Å²) in [5.41, 5.74) is 8.87. The molecule has 0 bridgehead atoms. The van der Waals surface area contributed by atoms with E-state index >= 15 is 0 Å². The fraction of sp³-hybridized carbons (Fsp3) is 0.100. The summed E-state index contributed by atoms with van der Waals surface area (Å²) < 4.78 is 33.0. The van der Waals surface area contributed by atoms with E-state index in [-0.39, 0.29) is 4.90 Å². The smallest absolute Gasteiger partial charge is 0.261 e. The van der Waals surface area contributed by atoms with Gasteiger partial charge in [-0.15, -0.1) is 0 Å². The summed E-state index contributed by atoms with van der Waals surface area (Å²) in [4.78, 5) is 0.227. The monoisotopic (exact) mass is 368 g/mol. The van der Waals surface area contributed by atoms with Crippen molar-refractivity contribution in [3.8, 4) is 5.75 Å². The zero-order valence-corrected chi connectivity index (χ0v) is 15.2. The maximum Gasteiger partial charge on any atom is 0.261 e. The lowest BCUT2D eigenvalue weighted by molar-refractivity contribution is 0.306. The number of rotatable bonds is 6. The van der Waals surface area contributed by atoms with E-state index in [1.807, 2.05) is 31.2 Å². The van der Waals surface area contributed by atoms with Crippen molar-refractivity contribution in [2.24, 2.45) is 0 Å². The van der Waals surface area contributed by atoms with Gasteiger partial charge in [0, 0.05) is 11.4 Å². The molecule has 26 heavy (non-hydrogen) atoms. The molecule has 0 aliphatic carbocycles. The summed E-state index contributed by atoms with van der Waals surface area (Å²) in [6.07, 6.45) is 0. The van der Waals surface area contributed by atoms with Gasteiger partial charge in [0.25, 0.3) is 10.0 Å². The number of ether oxygens (including phenoxy) is 1. The van der Waals surface area contributed by atoms with Crippen LogP contribution in [-0.4, -0.2) is 8.42 Å². The third-order valence-corrected chi connectivity index (χ3v) is 5.19. The summed E-state index contributed by atoms with van der Waals surface area (Å²) in [7, 11) is -3.61. The Labute approximate surface area is 153 Å². The SMILES string of the molecule is Cc1ccc(S(=O)(=O)Nc2ccc(OCc3cccc(N)c3)cc2)cc1. The highest BCUT2D eigenvalue weighted by atomic mass is 32.2. The van der Waals surface area contributed by atoms with Gasteiger partial charge in [-0.05, 0) is 61.0 Å². The Balaban J connectivity index is 1.64. The highest BCUT2D eigenvalue weighted by Crippen LogP contribution is 2.21. The van der Waals surface area contributed by atoms with Crippen LogP contribution in [0.2, 0.25) is 0 Å². The third-order valence-electron chi connectivity index (χ3n) is 3.79. The van der Waals surface area contributed by atoms with E-state index in [1.165, 1.54) is 0 Å². The van der Waals surface area contributed by atoms with Gasteiger partial charge in [0.15, 0.2) is 0 Å². The van der Waals surface area contributed by atoms with Crippen LogP contribution in [0.25, 0.3) is 0 Å². The molecule has 3 rings (SSSR count). The number of nitrogens with two attached hydrogens (primary N) is 1. The molecule has 0 aliphatic rings. The van der Waals surface area contributed by atoms with Gasteiger partial charge in [-0.1, -0.05) is 29.8 Å². The molecule has 3 aromatic carbocycles. The molecule has 0 atom stereocenters. The lowest BCUT2D eigenvalue weighted by Crippen LogP contribution is -2.12. The Kier molecular flexibility index (Phi) is 5.14. The van der Waals surface area contributed by atoms with Crippen molar-refractivity contribution in [3.63, 3.8) is 0 Å². The van der Waals surface area contributed by atoms with E-state index < -0.39 is 10.0 Å². The molecule has 0 saturated heterocycles. The zero-order valence-electron chi connectivity index (χ0n) is 14.3. The zero-order chi connectivity index (χ0) is 18.6. The van der Waals surface area contributed by atoms with Crippen LogP contribution in [0.5, 0.6) is 5.75 Å². The van der Waals surface area contributed by atoms with E-state index in [9.17, 15) is 8.42 Å². The molecule has 6 heteroatoms. The highest BCUT2D eigenvalue weighted by molar-refractivity contribution is 7.92. The van der Waals surface area contributed by atoms with E-state index in [0.717, 1.165) is 11.1 Å². The van der Waals surface area contributed by atoms with Crippen molar-refractivity contribution in [3.05, 3.63) is 83.9 Å². The standard InChI is InChI=1S/C20H20N2O3S/c1-15-5-11-20(12-6-15)26(23,24)22-18-7-9-19(10-8-18)25-14-16-3-2-4-17(21)13-16/h2-13,22H,14,21H2,1H3. The number of benzene rings is 3. The Hall–Kier alpha value is -2.99. The summed E-state index contributed by atoms with van der Waals surface area (Å²) in [5, 5.41) is 0. The topological polar surface area (TPSA) is 81.4 Å². The predicted molar refractivity (Wildman–Crippen MR) is 104 cm³/mol. The summed E-state index contributed by atoms with van der Waals surface area (Å²) in [5.74, 6) is 0.644. The maximum atomic E-state index is 12.4. The average Bonchev–Trinajstić information content (AvgIpc) is 2.61. The van der Waals surface area contributed by atoms with Gasteiger partial charge in [-0.25, -0.2) is 8.42 Å². The fourth-order valence-electron chi connectivity index (χ4n) is 2.40. The van der Waals surface area contributed by atoms with Crippen LogP contribution >= 0.6 is 0 Å². The average molecular weight is 368 g/mol. The first kappa shape index (κ1) is 17.8. The summed E-state index contributed by atoms with van der Waals surface area (Å²) in [6.45, 7) is 2.30. The van der Waals surface area contributed by atoms with E-state index in [4.69, 9.17) is 10.5 Å². The number of sulfonamides is 1. The van der Waals surface area contributed by atoms with Crippen molar-refractivity contribution in [2.45, 2.75) is 18.4 Å². The molecule has 0 aromatic heterocycles. The number of nitrogen functional groups attached to an aromatic ring is 1. The van der Waals surface area contributed by atoms with Gasteiger partial charge in [-0.2, -0.15) is 0 Å². The molecule has 0 unspecified atom stereocenters. The molecule has 5 nitrogen and oxygen atoms in total. The Bertz CT molecular complexity index is 982. The van der Waals surface area contributed by atoms with E-state index in [0.29, 0.717) is 23.7 Å². The Morgan fingerprint density at radius 2 is 1.65 bits per heavy atom. The molecule has 0 radical (unpaired) electrons. The molecule has 0 aliphatic heterocycles. The van der Waals surface area contributed by atoms with Crippen LogP contribution in [-0.2, 0) is 16.6 Å². The van der Waals surface area contributed by atoms with Crippen molar-refractivity contribution in [1.82, 2.24) is 0 Å². The quantitative estimate of drug-likeness (QED) is 0.645. The molecule has 3 N–H and O–H groups in total. The van der Waals surface area contributed by atoms with Gasteiger partial charge >= 0.3 is 0 Å². The van der Waals surface area contributed by atoms with Crippen LogP contribution in [0.3, 0.4) is 0 Å². The van der Waals surface area contributed by atoms with Gasteiger partial charge in [0.05, 0.1) is 4.90 Å². The van der Waals surface area contributed by atoms with Crippen LogP contribution in [0.1, 0.15) is 11.1 Å². The van der Waals surface area contributed by atoms with Crippen LogP contribution in [0.4, 0.5) is 11.4 Å². The molecule has 0 fully saturated rings. The van der Waals surface area contributed by atoms with Crippen LogP contribution in [0.15, 0.2) is 77.7 Å². The molecule has 0 heterocycles. The number of hydrogen-bond donors (Lipinski definition) is 2. The lowest BCUT2D eigenvalue weighted by Gasteiger charge is -2.10. The summed E-state index contributed by atoms with van der Waals surface area (Å²) in [6, 6.07) is 20.9. The first-order valence-electron chi connectivity index (χ1n) is 8.09. The van der Waals surface area contributed by atoms with Crippen LogP contribution in [0, 0.1) is 6.92 Å². The summed E-state index contributed by atoms with van der Waals surface area (Å²) >= 11 is 0. The highest BCUT2D eigenvalue weighted by Gasteiger charge is 2.13. The van der Waals surface area contributed by atoms with Crippen LogP contribution < -0.4 is 15.2 Å². The molecule has 0 saturated carbocycles. The van der Waals surface area contributed by atoms with Gasteiger partial charge in [0.2, 0.25) is 0 Å². The number of nitrogens with one attached hydrogen (secondary N) is 1. The van der Waals surface area contributed by atoms with Gasteiger partial charge in [-0.3, -0.25) is 4.72 Å². The van der Waals surface area contributed by atoms with E-state index in [2.05, 4.69) is 4.72 Å². The molecular formula is C20H20N2O3S. The Morgan fingerprint density at radius 1 is 0.962 bits per heavy atom. The molecular weight excluding hydrogens is 348 g/mol. The minimum Gasteiger partial charge on any atom is -0.489 e. The largest absolute Gasteiger partial charge is 0.489 e. The first-order valence-corrected chi connectivity index (χ1v) is 9.57. The second kappa shape index (κ2) is 7.49. The second-order valence-corrected chi connectivity index (χ2v) is 7.66. The number of aryl methyl sites for hydroxylation is 1. The molecule has 0 amide bonds. The van der Waals surface area contributed by atoms with Gasteiger partial charge < -0.3 is 10.5 Å². The maximum absolute atomic E-state index is 12.4. The minimum atomic E-state index is -3.61. The molecule has 134 valence electrons. The normalized spacial score (nSPS) is 11.1. The predicted octanol–water partition coefficient (Wildman–Crippen LogP) is 3.96. The number of hydrogen-bond acceptors (Lipinski definition) is 4. The van der Waals surface area contributed by atoms with Gasteiger partial charge in [0.1, 0.15) is 12.4 Å². The van der Waals surface area contributed by atoms with Crippen molar-refractivity contribution >= 4 is 21.4 Å². The molecule has 0 spiro atoms. The number of anilines is 2. The minimum absolute atomic E-state index is 0.227. The van der Waals surface area contributed by atoms with Crippen molar-refractivity contribution in [1.29, 1.82) is 0 Å². The lowest BCUT2D eigenvalue weighted by atomic mass is 10.2.